The molecule has 1 aliphatic heterocycles. The van der Waals surface area contributed by atoms with Gasteiger partial charge in [0.05, 0.1) is 11.6 Å². The minimum absolute atomic E-state index is 0.117. The molecule has 1 fully saturated rings. The quantitative estimate of drug-likeness (QED) is 0.219. The zero-order valence-electron chi connectivity index (χ0n) is 19.4. The molecule has 0 bridgehead atoms. The number of aromatic nitrogens is 1. The van der Waals surface area contributed by atoms with E-state index in [1.54, 1.807) is 11.0 Å². The highest BCUT2D eigenvalue weighted by atomic mass is 32.1. The first kappa shape index (κ1) is 22.2. The van der Waals surface area contributed by atoms with Gasteiger partial charge in [-0.25, -0.2) is 0 Å². The highest BCUT2D eigenvalue weighted by Crippen LogP contribution is 2.42. The number of likely N-dealkylation sites (tertiary alicyclic amines) is 1. The number of amides is 1. The molecule has 34 heavy (non-hydrogen) atoms. The lowest BCUT2D eigenvalue weighted by Crippen LogP contribution is -2.31. The Hall–Kier alpha value is -3.64. The molecule has 0 aliphatic carbocycles. The predicted molar refractivity (Wildman–Crippen MR) is 136 cm³/mol. The van der Waals surface area contributed by atoms with Gasteiger partial charge in [0, 0.05) is 34.1 Å². The molecule has 1 aliphatic rings. The van der Waals surface area contributed by atoms with Crippen molar-refractivity contribution < 1.29 is 14.7 Å². The standard InChI is InChI=1S/C28H26N2O3S/c1-16-8-9-19(14-18(16)3)25(31)23-24(27-17(2)11-13-34-27)30(28(33)26(23)32)12-10-20-15-29-22-7-5-4-6-21(20)22/h4-9,11,13-15,24,29,31H,10,12H2,1-3H3/b25-23-. The van der Waals surface area contributed by atoms with Gasteiger partial charge in [0.25, 0.3) is 11.7 Å². The van der Waals surface area contributed by atoms with E-state index in [1.165, 1.54) is 11.3 Å². The summed E-state index contributed by atoms with van der Waals surface area (Å²) in [5, 5.41) is 14.3. The number of thiophene rings is 1. The van der Waals surface area contributed by atoms with Crippen LogP contribution in [0.4, 0.5) is 0 Å². The van der Waals surface area contributed by atoms with Crippen molar-refractivity contribution in [3.8, 4) is 0 Å². The second-order valence-corrected chi connectivity index (χ2v) is 9.82. The van der Waals surface area contributed by atoms with Crippen molar-refractivity contribution in [3.63, 3.8) is 0 Å². The molecule has 3 heterocycles. The van der Waals surface area contributed by atoms with Gasteiger partial charge in [-0.15, -0.1) is 11.3 Å². The molecule has 2 aromatic carbocycles. The highest BCUT2D eigenvalue weighted by Gasteiger charge is 2.46. The average Bonchev–Trinajstić information content (AvgIpc) is 3.51. The summed E-state index contributed by atoms with van der Waals surface area (Å²) in [6, 6.07) is 15.0. The SMILES string of the molecule is Cc1ccc(/C(O)=C2/C(=O)C(=O)N(CCc3c[nH]c4ccccc34)C2c2sccc2C)cc1C. The van der Waals surface area contributed by atoms with Crippen molar-refractivity contribution in [1.29, 1.82) is 0 Å². The van der Waals surface area contributed by atoms with Gasteiger partial charge in [0.15, 0.2) is 0 Å². The molecular formula is C28H26N2O3S. The van der Waals surface area contributed by atoms with Crippen LogP contribution in [-0.2, 0) is 16.0 Å². The lowest BCUT2D eigenvalue weighted by Gasteiger charge is -2.25. The van der Waals surface area contributed by atoms with E-state index in [0.29, 0.717) is 18.5 Å². The van der Waals surface area contributed by atoms with Crippen LogP contribution in [0.1, 0.15) is 38.7 Å². The summed E-state index contributed by atoms with van der Waals surface area (Å²) in [7, 11) is 0. The molecule has 2 N–H and O–H groups in total. The van der Waals surface area contributed by atoms with Gasteiger partial charge in [0.2, 0.25) is 0 Å². The van der Waals surface area contributed by atoms with E-state index in [1.807, 2.05) is 68.7 Å². The van der Waals surface area contributed by atoms with Gasteiger partial charge in [-0.2, -0.15) is 0 Å². The number of para-hydroxylation sites is 1. The zero-order chi connectivity index (χ0) is 24.0. The largest absolute Gasteiger partial charge is 0.507 e. The number of aryl methyl sites for hydroxylation is 3. The summed E-state index contributed by atoms with van der Waals surface area (Å²) in [5.41, 5.74) is 5.96. The zero-order valence-corrected chi connectivity index (χ0v) is 20.2. The number of hydrogen-bond donors (Lipinski definition) is 2. The monoisotopic (exact) mass is 470 g/mol. The van der Waals surface area contributed by atoms with Crippen molar-refractivity contribution in [3.05, 3.63) is 98.4 Å². The summed E-state index contributed by atoms with van der Waals surface area (Å²) in [6.07, 6.45) is 2.56. The Morgan fingerprint density at radius 3 is 2.56 bits per heavy atom. The third-order valence-corrected chi connectivity index (χ3v) is 7.84. The van der Waals surface area contributed by atoms with E-state index in [0.717, 1.165) is 38.0 Å². The number of hydrogen-bond acceptors (Lipinski definition) is 4. The van der Waals surface area contributed by atoms with Crippen LogP contribution in [-0.4, -0.2) is 33.2 Å². The predicted octanol–water partition coefficient (Wildman–Crippen LogP) is 5.82. The maximum Gasteiger partial charge on any atom is 0.295 e. The first-order valence-corrected chi connectivity index (χ1v) is 12.2. The fraction of sp³-hybridized carbons (Fsp3) is 0.214. The third-order valence-electron chi connectivity index (χ3n) is 6.77. The maximum atomic E-state index is 13.3. The molecule has 5 rings (SSSR count). The Morgan fingerprint density at radius 2 is 1.82 bits per heavy atom. The minimum Gasteiger partial charge on any atom is -0.507 e. The number of fused-ring (bicyclic) bond motifs is 1. The number of aliphatic hydroxyl groups excluding tert-OH is 1. The molecule has 172 valence electrons. The fourth-order valence-corrected chi connectivity index (χ4v) is 5.72. The Labute approximate surface area is 202 Å². The number of nitrogens with zero attached hydrogens (tertiary/aromatic N) is 1. The summed E-state index contributed by atoms with van der Waals surface area (Å²) >= 11 is 1.50. The van der Waals surface area contributed by atoms with Crippen LogP contribution < -0.4 is 0 Å². The van der Waals surface area contributed by atoms with Crippen molar-refractivity contribution in [2.75, 3.05) is 6.54 Å². The lowest BCUT2D eigenvalue weighted by atomic mass is 9.96. The number of benzene rings is 2. The molecule has 1 unspecified atom stereocenters. The third kappa shape index (κ3) is 3.64. The molecule has 2 aromatic heterocycles. The number of rotatable bonds is 5. The van der Waals surface area contributed by atoms with E-state index < -0.39 is 17.7 Å². The lowest BCUT2D eigenvalue weighted by molar-refractivity contribution is -0.139. The summed E-state index contributed by atoms with van der Waals surface area (Å²) in [5.74, 6) is -1.32. The molecule has 0 spiro atoms. The van der Waals surface area contributed by atoms with E-state index in [2.05, 4.69) is 11.1 Å². The van der Waals surface area contributed by atoms with Gasteiger partial charge in [0.1, 0.15) is 5.76 Å². The molecule has 1 amide bonds. The second-order valence-electron chi connectivity index (χ2n) is 8.87. The molecule has 5 nitrogen and oxygen atoms in total. The number of nitrogens with one attached hydrogen (secondary N) is 1. The molecule has 1 atom stereocenters. The van der Waals surface area contributed by atoms with Crippen molar-refractivity contribution in [1.82, 2.24) is 9.88 Å². The van der Waals surface area contributed by atoms with E-state index in [4.69, 9.17) is 0 Å². The minimum atomic E-state index is -0.632. The van der Waals surface area contributed by atoms with Crippen LogP contribution in [0.25, 0.3) is 16.7 Å². The first-order chi connectivity index (χ1) is 16.4. The summed E-state index contributed by atoms with van der Waals surface area (Å²) < 4.78 is 0. The normalized spacial score (nSPS) is 17.7. The van der Waals surface area contributed by atoms with Crippen LogP contribution in [0.15, 0.2) is 65.7 Å². The summed E-state index contributed by atoms with van der Waals surface area (Å²) in [6.45, 7) is 6.31. The van der Waals surface area contributed by atoms with Crippen molar-refractivity contribution >= 4 is 39.7 Å². The van der Waals surface area contributed by atoms with Crippen molar-refractivity contribution in [2.24, 2.45) is 0 Å². The molecule has 0 radical (unpaired) electrons. The molecule has 0 saturated carbocycles. The van der Waals surface area contributed by atoms with Gasteiger partial charge in [-0.3, -0.25) is 9.59 Å². The molecule has 6 heteroatoms. The smallest absolute Gasteiger partial charge is 0.295 e. The van der Waals surface area contributed by atoms with E-state index >= 15 is 0 Å². The number of carbonyl (C=O) groups is 2. The maximum absolute atomic E-state index is 13.3. The van der Waals surface area contributed by atoms with Gasteiger partial charge < -0.3 is 15.0 Å². The van der Waals surface area contributed by atoms with Gasteiger partial charge >= 0.3 is 0 Å². The average molecular weight is 471 g/mol. The van der Waals surface area contributed by atoms with Gasteiger partial charge in [-0.05, 0) is 73.0 Å². The molecule has 1 saturated heterocycles. The molecular weight excluding hydrogens is 444 g/mol. The number of Topliss-reactive ketones (excluding diaryl/α,β-unsaturated/α-hetero) is 1. The van der Waals surface area contributed by atoms with E-state index in [9.17, 15) is 14.7 Å². The summed E-state index contributed by atoms with van der Waals surface area (Å²) in [4.78, 5) is 32.3. The van der Waals surface area contributed by atoms with Crippen LogP contribution in [0, 0.1) is 20.8 Å². The van der Waals surface area contributed by atoms with Crippen molar-refractivity contribution in [2.45, 2.75) is 33.2 Å². The number of H-pyrrole nitrogens is 1. The van der Waals surface area contributed by atoms with Gasteiger partial charge in [-0.1, -0.05) is 30.3 Å². The Kier molecular flexibility index (Phi) is 5.62. The van der Waals surface area contributed by atoms with Crippen LogP contribution >= 0.6 is 11.3 Å². The highest BCUT2D eigenvalue weighted by molar-refractivity contribution is 7.10. The number of ketones is 1. The Bertz CT molecular complexity index is 1460. The fourth-order valence-electron chi connectivity index (χ4n) is 4.67. The Morgan fingerprint density at radius 1 is 1.03 bits per heavy atom. The molecule has 4 aromatic rings. The van der Waals surface area contributed by atoms with Crippen LogP contribution in [0.2, 0.25) is 0 Å². The van der Waals surface area contributed by atoms with Crippen LogP contribution in [0.5, 0.6) is 0 Å². The number of aromatic amines is 1. The number of carbonyl (C=O) groups excluding carboxylic acids is 2. The first-order valence-electron chi connectivity index (χ1n) is 11.3. The Balaban J connectivity index is 1.57. The second kappa shape index (κ2) is 8.61. The number of aliphatic hydroxyl groups is 1. The van der Waals surface area contributed by atoms with Crippen LogP contribution in [0.3, 0.4) is 0 Å². The van der Waals surface area contributed by atoms with E-state index in [-0.39, 0.29) is 11.3 Å². The topological polar surface area (TPSA) is 73.4 Å².